The van der Waals surface area contributed by atoms with Gasteiger partial charge < -0.3 is 20.1 Å². The number of hydrogen-bond acceptors (Lipinski definition) is 3. The van der Waals surface area contributed by atoms with Crippen molar-refractivity contribution in [1.29, 1.82) is 0 Å². The molecule has 2 N–H and O–H groups in total. The summed E-state index contributed by atoms with van der Waals surface area (Å²) in [4.78, 5) is 6.00. The molecule has 0 aromatic carbocycles. The van der Waals surface area contributed by atoms with Crippen molar-refractivity contribution >= 4 is 5.96 Å². The molecule has 0 unspecified atom stereocenters. The van der Waals surface area contributed by atoms with Gasteiger partial charge in [0, 0.05) is 33.9 Å². The minimum atomic E-state index is 0.315. The fourth-order valence-corrected chi connectivity index (χ4v) is 1.49. The highest BCUT2D eigenvalue weighted by molar-refractivity contribution is 5.77. The SMILES string of the molecule is CN(C)C(N)=NCCCOC[C@@H]1CCCO1. The summed E-state index contributed by atoms with van der Waals surface area (Å²) in [5.41, 5.74) is 5.65. The van der Waals surface area contributed by atoms with E-state index < -0.39 is 0 Å². The van der Waals surface area contributed by atoms with E-state index in [1.807, 2.05) is 14.1 Å². The summed E-state index contributed by atoms with van der Waals surface area (Å²) in [7, 11) is 3.76. The molecule has 1 aliphatic heterocycles. The monoisotopic (exact) mass is 229 g/mol. The first-order chi connectivity index (χ1) is 7.70. The highest BCUT2D eigenvalue weighted by Crippen LogP contribution is 2.11. The fourth-order valence-electron chi connectivity index (χ4n) is 1.49. The van der Waals surface area contributed by atoms with Crippen molar-refractivity contribution < 1.29 is 9.47 Å². The number of hydrogen-bond donors (Lipinski definition) is 1. The van der Waals surface area contributed by atoms with E-state index in [4.69, 9.17) is 15.2 Å². The van der Waals surface area contributed by atoms with E-state index in [2.05, 4.69) is 4.99 Å². The molecule has 0 aliphatic carbocycles. The first kappa shape index (κ1) is 13.3. The van der Waals surface area contributed by atoms with E-state index in [1.165, 1.54) is 0 Å². The zero-order chi connectivity index (χ0) is 11.8. The smallest absolute Gasteiger partial charge is 0.190 e. The molecule has 0 amide bonds. The molecule has 1 atom stereocenters. The minimum Gasteiger partial charge on any atom is -0.379 e. The van der Waals surface area contributed by atoms with Crippen LogP contribution in [0.15, 0.2) is 4.99 Å². The zero-order valence-corrected chi connectivity index (χ0v) is 10.3. The van der Waals surface area contributed by atoms with Gasteiger partial charge in [0.2, 0.25) is 0 Å². The molecule has 1 aliphatic rings. The summed E-state index contributed by atoms with van der Waals surface area (Å²) < 4.78 is 11.0. The van der Waals surface area contributed by atoms with Crippen LogP contribution < -0.4 is 5.73 Å². The lowest BCUT2D eigenvalue weighted by atomic mass is 10.2. The highest BCUT2D eigenvalue weighted by atomic mass is 16.5. The second-order valence-corrected chi connectivity index (χ2v) is 4.20. The fraction of sp³-hybridized carbons (Fsp3) is 0.909. The topological polar surface area (TPSA) is 60.1 Å². The molecule has 5 heteroatoms. The molecule has 0 saturated carbocycles. The van der Waals surface area contributed by atoms with Gasteiger partial charge in [-0.15, -0.1) is 0 Å². The van der Waals surface area contributed by atoms with Crippen molar-refractivity contribution in [3.05, 3.63) is 0 Å². The lowest BCUT2D eigenvalue weighted by Crippen LogP contribution is -2.30. The Morgan fingerprint density at radius 2 is 2.38 bits per heavy atom. The molecule has 0 aromatic heterocycles. The van der Waals surface area contributed by atoms with Crippen LogP contribution in [0.4, 0.5) is 0 Å². The molecular weight excluding hydrogens is 206 g/mol. The van der Waals surface area contributed by atoms with Gasteiger partial charge >= 0.3 is 0 Å². The maximum atomic E-state index is 5.65. The molecule has 16 heavy (non-hydrogen) atoms. The second-order valence-electron chi connectivity index (χ2n) is 4.20. The first-order valence-electron chi connectivity index (χ1n) is 5.86. The number of nitrogens with two attached hydrogens (primary N) is 1. The van der Waals surface area contributed by atoms with Crippen LogP contribution in [-0.4, -0.2) is 57.4 Å². The van der Waals surface area contributed by atoms with Crippen molar-refractivity contribution in [1.82, 2.24) is 4.90 Å². The molecule has 0 radical (unpaired) electrons. The molecule has 94 valence electrons. The third-order valence-electron chi connectivity index (χ3n) is 2.51. The van der Waals surface area contributed by atoms with Crippen molar-refractivity contribution in [2.45, 2.75) is 25.4 Å². The average molecular weight is 229 g/mol. The van der Waals surface area contributed by atoms with Crippen molar-refractivity contribution in [2.24, 2.45) is 10.7 Å². The predicted octanol–water partition coefficient (Wildman–Crippen LogP) is 0.448. The quantitative estimate of drug-likeness (QED) is 0.408. The molecule has 1 rings (SSSR count). The van der Waals surface area contributed by atoms with Crippen LogP contribution >= 0.6 is 0 Å². The number of rotatable bonds is 6. The Hall–Kier alpha value is -0.810. The largest absolute Gasteiger partial charge is 0.379 e. The molecule has 1 saturated heterocycles. The van der Waals surface area contributed by atoms with Gasteiger partial charge in [0.05, 0.1) is 12.7 Å². The zero-order valence-electron chi connectivity index (χ0n) is 10.3. The Kier molecular flexibility index (Phi) is 6.18. The van der Waals surface area contributed by atoms with Gasteiger partial charge in [-0.25, -0.2) is 0 Å². The lowest BCUT2D eigenvalue weighted by molar-refractivity contribution is 0.0170. The third-order valence-corrected chi connectivity index (χ3v) is 2.51. The van der Waals surface area contributed by atoms with E-state index in [0.717, 1.165) is 39.0 Å². The van der Waals surface area contributed by atoms with Crippen LogP contribution in [0.1, 0.15) is 19.3 Å². The second kappa shape index (κ2) is 7.46. The van der Waals surface area contributed by atoms with Gasteiger partial charge in [-0.3, -0.25) is 4.99 Å². The number of ether oxygens (including phenoxy) is 2. The van der Waals surface area contributed by atoms with Gasteiger partial charge in [-0.1, -0.05) is 0 Å². The molecular formula is C11H23N3O2. The van der Waals surface area contributed by atoms with E-state index in [0.29, 0.717) is 18.7 Å². The van der Waals surface area contributed by atoms with Gasteiger partial charge in [-0.05, 0) is 19.3 Å². The summed E-state index contributed by atoms with van der Waals surface area (Å²) in [6.07, 6.45) is 3.51. The number of aliphatic imine (C=N–C) groups is 1. The van der Waals surface area contributed by atoms with Crippen molar-refractivity contribution in [2.75, 3.05) is 40.5 Å². The summed E-state index contributed by atoms with van der Waals surface area (Å²) in [6, 6.07) is 0. The maximum Gasteiger partial charge on any atom is 0.190 e. The molecule has 0 spiro atoms. The predicted molar refractivity (Wildman–Crippen MR) is 64.6 cm³/mol. The minimum absolute atomic E-state index is 0.315. The average Bonchev–Trinajstić information content (AvgIpc) is 2.75. The van der Waals surface area contributed by atoms with Gasteiger partial charge in [-0.2, -0.15) is 0 Å². The molecule has 1 heterocycles. The Labute approximate surface area is 97.6 Å². The van der Waals surface area contributed by atoms with Crippen LogP contribution in [0.2, 0.25) is 0 Å². The molecule has 0 bridgehead atoms. The van der Waals surface area contributed by atoms with E-state index in [-0.39, 0.29) is 0 Å². The van der Waals surface area contributed by atoms with Crippen LogP contribution in [-0.2, 0) is 9.47 Å². The Morgan fingerprint density at radius 1 is 1.56 bits per heavy atom. The van der Waals surface area contributed by atoms with Crippen molar-refractivity contribution in [3.63, 3.8) is 0 Å². The molecule has 1 fully saturated rings. The first-order valence-corrected chi connectivity index (χ1v) is 5.86. The van der Waals surface area contributed by atoms with Crippen LogP contribution in [0.5, 0.6) is 0 Å². The van der Waals surface area contributed by atoms with Crippen molar-refractivity contribution in [3.8, 4) is 0 Å². The van der Waals surface area contributed by atoms with Crippen LogP contribution in [0.3, 0.4) is 0 Å². The third kappa shape index (κ3) is 5.32. The van der Waals surface area contributed by atoms with E-state index >= 15 is 0 Å². The lowest BCUT2D eigenvalue weighted by Gasteiger charge is -2.11. The summed E-state index contributed by atoms with van der Waals surface area (Å²) >= 11 is 0. The summed E-state index contributed by atoms with van der Waals surface area (Å²) in [5, 5.41) is 0. The molecule has 5 nitrogen and oxygen atoms in total. The van der Waals surface area contributed by atoms with Crippen LogP contribution in [0.25, 0.3) is 0 Å². The maximum absolute atomic E-state index is 5.65. The Balaban J connectivity index is 1.93. The van der Waals surface area contributed by atoms with Gasteiger partial charge in [0.1, 0.15) is 0 Å². The standard InChI is InChI=1S/C11H23N3O2/c1-14(2)11(12)13-6-4-7-15-9-10-5-3-8-16-10/h10H,3-9H2,1-2H3,(H2,12,13)/t10-/m0/s1. The number of nitrogens with zero attached hydrogens (tertiary/aromatic N) is 2. The number of guanidine groups is 1. The Bertz CT molecular complexity index is 213. The van der Waals surface area contributed by atoms with E-state index in [9.17, 15) is 0 Å². The highest BCUT2D eigenvalue weighted by Gasteiger charge is 2.14. The summed E-state index contributed by atoms with van der Waals surface area (Å²) in [5.74, 6) is 0.569. The van der Waals surface area contributed by atoms with E-state index in [1.54, 1.807) is 4.90 Å². The van der Waals surface area contributed by atoms with Gasteiger partial charge in [0.15, 0.2) is 5.96 Å². The summed E-state index contributed by atoms with van der Waals surface area (Å²) in [6.45, 7) is 3.05. The normalized spacial score (nSPS) is 21.4. The van der Waals surface area contributed by atoms with Gasteiger partial charge in [0.25, 0.3) is 0 Å². The molecule has 0 aromatic rings. The van der Waals surface area contributed by atoms with Crippen LogP contribution in [0, 0.1) is 0 Å². The Morgan fingerprint density at radius 3 is 3.00 bits per heavy atom.